The molecule has 0 aromatic heterocycles. The molecular weight excluding hydrogens is 352 g/mol. The Hall–Kier alpha value is -2.82. The molecule has 4 rings (SSSR count). The van der Waals surface area contributed by atoms with Gasteiger partial charge in [-0.05, 0) is 56.0 Å². The van der Waals surface area contributed by atoms with E-state index in [4.69, 9.17) is 4.74 Å². The van der Waals surface area contributed by atoms with Crippen LogP contribution in [0.2, 0.25) is 0 Å². The number of nitrogens with zero attached hydrogens (tertiary/aromatic N) is 2. The zero-order valence-electron chi connectivity index (χ0n) is 16.0. The molecule has 0 spiro atoms. The zero-order chi connectivity index (χ0) is 19.3. The quantitative estimate of drug-likeness (QED) is 0.809. The third-order valence-corrected chi connectivity index (χ3v) is 5.61. The van der Waals surface area contributed by atoms with Gasteiger partial charge in [0, 0.05) is 37.7 Å². The van der Waals surface area contributed by atoms with Crippen LogP contribution in [-0.4, -0.2) is 47.8 Å². The van der Waals surface area contributed by atoms with E-state index in [9.17, 15) is 9.59 Å². The van der Waals surface area contributed by atoms with E-state index in [-0.39, 0.29) is 17.7 Å². The summed E-state index contributed by atoms with van der Waals surface area (Å²) in [6.07, 6.45) is 3.73. The number of hydrogen-bond acceptors (Lipinski definition) is 3. The van der Waals surface area contributed by atoms with E-state index < -0.39 is 0 Å². The lowest BCUT2D eigenvalue weighted by Gasteiger charge is -2.33. The van der Waals surface area contributed by atoms with Crippen LogP contribution in [0.15, 0.2) is 54.6 Å². The highest BCUT2D eigenvalue weighted by Crippen LogP contribution is 2.25. The number of ether oxygens (including phenoxy) is 1. The second-order valence-electron chi connectivity index (χ2n) is 7.54. The highest BCUT2D eigenvalue weighted by atomic mass is 16.5. The van der Waals surface area contributed by atoms with Crippen molar-refractivity contribution in [2.24, 2.45) is 5.92 Å². The molecule has 0 bridgehead atoms. The normalized spacial score (nSPS) is 17.6. The molecule has 2 heterocycles. The Labute approximate surface area is 165 Å². The van der Waals surface area contributed by atoms with E-state index in [0.29, 0.717) is 24.4 Å². The summed E-state index contributed by atoms with van der Waals surface area (Å²) >= 11 is 0. The lowest BCUT2D eigenvalue weighted by Crippen LogP contribution is -2.43. The number of amides is 2. The molecule has 2 aromatic carbocycles. The second kappa shape index (κ2) is 8.46. The summed E-state index contributed by atoms with van der Waals surface area (Å²) in [5.74, 6) is 1.74. The monoisotopic (exact) mass is 378 g/mol. The first kappa shape index (κ1) is 18.5. The Balaban J connectivity index is 1.36. The van der Waals surface area contributed by atoms with Gasteiger partial charge in [0.2, 0.25) is 5.91 Å². The predicted octanol–water partition coefficient (Wildman–Crippen LogP) is 3.95. The summed E-state index contributed by atoms with van der Waals surface area (Å²) in [5, 5.41) is 0. The molecule has 2 fully saturated rings. The Morgan fingerprint density at radius 3 is 2.18 bits per heavy atom. The fourth-order valence-corrected chi connectivity index (χ4v) is 4.03. The van der Waals surface area contributed by atoms with E-state index >= 15 is 0 Å². The first-order valence-corrected chi connectivity index (χ1v) is 10.1. The summed E-state index contributed by atoms with van der Waals surface area (Å²) < 4.78 is 5.84. The molecule has 5 nitrogen and oxygen atoms in total. The van der Waals surface area contributed by atoms with Gasteiger partial charge in [0.05, 0.1) is 0 Å². The minimum atomic E-state index is 0.00517. The Morgan fingerprint density at radius 1 is 0.786 bits per heavy atom. The van der Waals surface area contributed by atoms with Crippen LogP contribution in [0.3, 0.4) is 0 Å². The molecule has 0 N–H and O–H groups in total. The molecule has 0 aliphatic carbocycles. The third-order valence-electron chi connectivity index (χ3n) is 5.61. The van der Waals surface area contributed by atoms with Gasteiger partial charge in [0.25, 0.3) is 5.91 Å². The number of rotatable bonds is 4. The van der Waals surface area contributed by atoms with Gasteiger partial charge in [0.15, 0.2) is 0 Å². The van der Waals surface area contributed by atoms with Gasteiger partial charge in [-0.25, -0.2) is 0 Å². The van der Waals surface area contributed by atoms with Crippen LogP contribution in [0.5, 0.6) is 11.5 Å². The van der Waals surface area contributed by atoms with E-state index in [1.807, 2.05) is 58.3 Å². The smallest absolute Gasteiger partial charge is 0.253 e. The van der Waals surface area contributed by atoms with Gasteiger partial charge >= 0.3 is 0 Å². The molecule has 28 heavy (non-hydrogen) atoms. The third kappa shape index (κ3) is 4.19. The van der Waals surface area contributed by atoms with Gasteiger partial charge in [0.1, 0.15) is 11.5 Å². The average molecular weight is 378 g/mol. The molecule has 0 unspecified atom stereocenters. The van der Waals surface area contributed by atoms with Gasteiger partial charge < -0.3 is 14.5 Å². The Kier molecular flexibility index (Phi) is 5.60. The first-order valence-electron chi connectivity index (χ1n) is 10.1. The lowest BCUT2D eigenvalue weighted by molar-refractivity contribution is -0.135. The fourth-order valence-electron chi connectivity index (χ4n) is 4.03. The highest BCUT2D eigenvalue weighted by molar-refractivity contribution is 5.94. The van der Waals surface area contributed by atoms with Crippen LogP contribution in [0.1, 0.15) is 36.0 Å². The van der Waals surface area contributed by atoms with E-state index in [1.54, 1.807) is 6.07 Å². The molecule has 2 amide bonds. The molecule has 5 heteroatoms. The standard InChI is InChI=1S/C23H26N2O3/c26-22(24-13-4-5-14-24)18-11-15-25(16-12-18)23(27)19-7-6-10-21(17-19)28-20-8-2-1-3-9-20/h1-3,6-10,17-18H,4-5,11-16H2. The number of benzene rings is 2. The van der Waals surface area contributed by atoms with Gasteiger partial charge in [-0.15, -0.1) is 0 Å². The van der Waals surface area contributed by atoms with Crippen molar-refractivity contribution in [3.05, 3.63) is 60.2 Å². The van der Waals surface area contributed by atoms with E-state index in [2.05, 4.69) is 0 Å². The molecule has 146 valence electrons. The number of carbonyl (C=O) groups is 2. The fraction of sp³-hybridized carbons (Fsp3) is 0.391. The summed E-state index contributed by atoms with van der Waals surface area (Å²) in [7, 11) is 0. The molecule has 2 aliphatic rings. The Bertz CT molecular complexity index is 823. The van der Waals surface area contributed by atoms with E-state index in [0.717, 1.165) is 44.5 Å². The Morgan fingerprint density at radius 2 is 1.46 bits per heavy atom. The average Bonchev–Trinajstić information content (AvgIpc) is 3.29. The van der Waals surface area contributed by atoms with Crippen molar-refractivity contribution < 1.29 is 14.3 Å². The van der Waals surface area contributed by atoms with Crippen molar-refractivity contribution in [1.82, 2.24) is 9.80 Å². The van der Waals surface area contributed by atoms with Crippen LogP contribution in [0.4, 0.5) is 0 Å². The van der Waals surface area contributed by atoms with Crippen LogP contribution in [0, 0.1) is 5.92 Å². The van der Waals surface area contributed by atoms with Gasteiger partial charge in [-0.2, -0.15) is 0 Å². The number of likely N-dealkylation sites (tertiary alicyclic amines) is 2. The number of carbonyl (C=O) groups excluding carboxylic acids is 2. The van der Waals surface area contributed by atoms with Gasteiger partial charge in [-0.3, -0.25) is 9.59 Å². The maximum absolute atomic E-state index is 12.9. The number of piperidine rings is 1. The minimum absolute atomic E-state index is 0.00517. The largest absolute Gasteiger partial charge is 0.457 e. The molecule has 0 atom stereocenters. The van der Waals surface area contributed by atoms with Crippen LogP contribution >= 0.6 is 0 Å². The SMILES string of the molecule is O=C(c1cccc(Oc2ccccc2)c1)N1CCC(C(=O)N2CCCC2)CC1. The maximum Gasteiger partial charge on any atom is 0.253 e. The van der Waals surface area contributed by atoms with Crippen molar-refractivity contribution in [3.8, 4) is 11.5 Å². The van der Waals surface area contributed by atoms with E-state index in [1.165, 1.54) is 0 Å². The summed E-state index contributed by atoms with van der Waals surface area (Å²) in [6, 6.07) is 16.8. The zero-order valence-corrected chi connectivity index (χ0v) is 16.0. The van der Waals surface area contributed by atoms with Crippen molar-refractivity contribution in [2.45, 2.75) is 25.7 Å². The second-order valence-corrected chi connectivity index (χ2v) is 7.54. The maximum atomic E-state index is 12.9. The highest BCUT2D eigenvalue weighted by Gasteiger charge is 2.31. The summed E-state index contributed by atoms with van der Waals surface area (Å²) in [4.78, 5) is 29.3. The molecular formula is C23H26N2O3. The predicted molar refractivity (Wildman–Crippen MR) is 107 cm³/mol. The van der Waals surface area contributed by atoms with Crippen molar-refractivity contribution in [1.29, 1.82) is 0 Å². The molecule has 0 saturated carbocycles. The van der Waals surface area contributed by atoms with Crippen LogP contribution in [0.25, 0.3) is 0 Å². The van der Waals surface area contributed by atoms with Crippen LogP contribution in [-0.2, 0) is 4.79 Å². The lowest BCUT2D eigenvalue weighted by atomic mass is 9.95. The molecule has 0 radical (unpaired) electrons. The first-order chi connectivity index (χ1) is 13.7. The molecule has 2 aromatic rings. The summed E-state index contributed by atoms with van der Waals surface area (Å²) in [6.45, 7) is 3.05. The van der Waals surface area contributed by atoms with Crippen molar-refractivity contribution in [3.63, 3.8) is 0 Å². The molecule has 2 aliphatic heterocycles. The number of para-hydroxylation sites is 1. The van der Waals surface area contributed by atoms with Crippen LogP contribution < -0.4 is 4.74 Å². The number of hydrogen-bond donors (Lipinski definition) is 0. The van der Waals surface area contributed by atoms with Crippen molar-refractivity contribution >= 4 is 11.8 Å². The van der Waals surface area contributed by atoms with Gasteiger partial charge in [-0.1, -0.05) is 24.3 Å². The molecule has 2 saturated heterocycles. The topological polar surface area (TPSA) is 49.9 Å². The summed E-state index contributed by atoms with van der Waals surface area (Å²) in [5.41, 5.74) is 0.623. The minimum Gasteiger partial charge on any atom is -0.457 e. The van der Waals surface area contributed by atoms with Crippen molar-refractivity contribution in [2.75, 3.05) is 26.2 Å².